The summed E-state index contributed by atoms with van der Waals surface area (Å²) < 4.78 is 33.8. The molecule has 0 amide bonds. The highest BCUT2D eigenvalue weighted by Crippen LogP contribution is 2.26. The van der Waals surface area contributed by atoms with Gasteiger partial charge in [-0.05, 0) is 37.3 Å². The average Bonchev–Trinajstić information content (AvgIpc) is 2.65. The number of ether oxygens (including phenoxy) is 4. The molecule has 9 heteroatoms. The van der Waals surface area contributed by atoms with Gasteiger partial charge in [0.1, 0.15) is 18.1 Å². The molecule has 0 saturated carbocycles. The van der Waals surface area contributed by atoms with Gasteiger partial charge in [-0.15, -0.1) is 0 Å². The van der Waals surface area contributed by atoms with E-state index in [1.165, 1.54) is 32.4 Å². The Morgan fingerprint density at radius 3 is 2.52 bits per heavy atom. The highest BCUT2D eigenvalue weighted by molar-refractivity contribution is 6.30. The lowest BCUT2D eigenvalue weighted by Crippen LogP contribution is -2.27. The largest absolute Gasteiger partial charge is 0.479 e. The second-order valence-corrected chi connectivity index (χ2v) is 5.70. The molecule has 0 N–H and O–H groups in total. The zero-order chi connectivity index (χ0) is 19.8. The Morgan fingerprint density at radius 1 is 1.22 bits per heavy atom. The molecule has 2 rings (SSSR count). The summed E-state index contributed by atoms with van der Waals surface area (Å²) in [5.41, 5.74) is 0. The Morgan fingerprint density at radius 2 is 1.89 bits per heavy atom. The highest BCUT2D eigenvalue weighted by atomic mass is 35.5. The summed E-state index contributed by atoms with van der Waals surface area (Å²) in [7, 11) is 1.25. The van der Waals surface area contributed by atoms with Crippen molar-refractivity contribution in [3.63, 3.8) is 0 Å². The van der Waals surface area contributed by atoms with Crippen molar-refractivity contribution in [2.24, 2.45) is 0 Å². The second kappa shape index (κ2) is 9.72. The number of carbonyl (C=O) groups excluding carboxylic acids is 2. The number of methoxy groups -OCH3 is 1. The van der Waals surface area contributed by atoms with Gasteiger partial charge in [0.25, 0.3) is 5.88 Å². The molecule has 1 aromatic heterocycles. The van der Waals surface area contributed by atoms with Gasteiger partial charge in [-0.3, -0.25) is 4.79 Å². The molecule has 0 aliphatic rings. The van der Waals surface area contributed by atoms with Crippen molar-refractivity contribution in [1.82, 2.24) is 4.98 Å². The molecule has 0 bridgehead atoms. The zero-order valence-corrected chi connectivity index (χ0v) is 15.4. The smallest absolute Gasteiger partial charge is 0.347 e. The van der Waals surface area contributed by atoms with Crippen LogP contribution in [0.2, 0.25) is 5.02 Å². The van der Waals surface area contributed by atoms with Crippen LogP contribution in [0.3, 0.4) is 0 Å². The molecule has 0 unspecified atom stereocenters. The van der Waals surface area contributed by atoms with Gasteiger partial charge in [0, 0.05) is 6.20 Å². The lowest BCUT2D eigenvalue weighted by atomic mass is 10.3. The van der Waals surface area contributed by atoms with E-state index in [1.807, 2.05) is 0 Å². The molecule has 1 aromatic carbocycles. The molecule has 7 nitrogen and oxygen atoms in total. The van der Waals surface area contributed by atoms with Crippen LogP contribution in [0.25, 0.3) is 0 Å². The summed E-state index contributed by atoms with van der Waals surface area (Å²) in [5, 5.41) is 0.163. The van der Waals surface area contributed by atoms with Crippen molar-refractivity contribution in [2.75, 3.05) is 13.7 Å². The molecule has 1 heterocycles. The van der Waals surface area contributed by atoms with Crippen molar-refractivity contribution in [1.29, 1.82) is 0 Å². The molecule has 1 atom stereocenters. The fourth-order valence-corrected chi connectivity index (χ4v) is 2.03. The van der Waals surface area contributed by atoms with E-state index in [9.17, 15) is 14.0 Å². The summed E-state index contributed by atoms with van der Waals surface area (Å²) in [6, 6.07) is 7.23. The van der Waals surface area contributed by atoms with E-state index in [-0.39, 0.29) is 23.9 Å². The number of rotatable bonds is 8. The third-order valence-electron chi connectivity index (χ3n) is 3.24. The van der Waals surface area contributed by atoms with Crippen molar-refractivity contribution < 1.29 is 32.9 Å². The lowest BCUT2D eigenvalue weighted by Gasteiger charge is -2.14. The van der Waals surface area contributed by atoms with E-state index in [4.69, 9.17) is 25.8 Å². The maximum Gasteiger partial charge on any atom is 0.347 e. The van der Waals surface area contributed by atoms with Gasteiger partial charge in [-0.1, -0.05) is 11.6 Å². The number of hydrogen-bond donors (Lipinski definition) is 0. The fraction of sp³-hybridized carbons (Fsp3) is 0.278. The minimum atomic E-state index is -0.884. The number of pyridine rings is 1. The Hall–Kier alpha value is -2.87. The van der Waals surface area contributed by atoms with E-state index in [0.717, 1.165) is 6.07 Å². The monoisotopic (exact) mass is 397 g/mol. The normalized spacial score (nSPS) is 11.4. The van der Waals surface area contributed by atoms with Crippen LogP contribution in [0.1, 0.15) is 13.3 Å². The Balaban J connectivity index is 1.87. The van der Waals surface area contributed by atoms with Gasteiger partial charge >= 0.3 is 11.9 Å². The quantitative estimate of drug-likeness (QED) is 0.630. The predicted octanol–water partition coefficient (Wildman–Crippen LogP) is 3.54. The summed E-state index contributed by atoms with van der Waals surface area (Å²) in [5.74, 6) is -1.29. The zero-order valence-electron chi connectivity index (χ0n) is 14.6. The van der Waals surface area contributed by atoms with E-state index in [0.29, 0.717) is 11.5 Å². The molecule has 0 aliphatic heterocycles. The maximum absolute atomic E-state index is 13.7. The summed E-state index contributed by atoms with van der Waals surface area (Å²) in [6.45, 7) is 1.42. The fourth-order valence-electron chi connectivity index (χ4n) is 1.88. The van der Waals surface area contributed by atoms with Gasteiger partial charge < -0.3 is 18.9 Å². The van der Waals surface area contributed by atoms with Gasteiger partial charge in [0.15, 0.2) is 11.9 Å². The molecule has 0 fully saturated rings. The van der Waals surface area contributed by atoms with E-state index >= 15 is 0 Å². The molecule has 0 spiro atoms. The van der Waals surface area contributed by atoms with Crippen LogP contribution in [0.15, 0.2) is 36.5 Å². The molecule has 0 saturated heterocycles. The molecule has 0 radical (unpaired) electrons. The third kappa shape index (κ3) is 6.41. The molecule has 144 valence electrons. The average molecular weight is 398 g/mol. The maximum atomic E-state index is 13.7. The van der Waals surface area contributed by atoms with Gasteiger partial charge in [-0.25, -0.2) is 14.2 Å². The Bertz CT molecular complexity index is 799. The van der Waals surface area contributed by atoms with Crippen LogP contribution in [-0.4, -0.2) is 36.7 Å². The molecular formula is C18H17ClFNO6. The number of carbonyl (C=O) groups is 2. The first-order valence-electron chi connectivity index (χ1n) is 7.88. The minimum absolute atomic E-state index is 0.0315. The third-order valence-corrected chi connectivity index (χ3v) is 3.44. The topological polar surface area (TPSA) is 84.0 Å². The number of hydrogen-bond acceptors (Lipinski definition) is 7. The van der Waals surface area contributed by atoms with Gasteiger partial charge in [-0.2, -0.15) is 0 Å². The van der Waals surface area contributed by atoms with Gasteiger partial charge in [0.2, 0.25) is 0 Å². The number of aromatic nitrogens is 1. The van der Waals surface area contributed by atoms with Crippen molar-refractivity contribution in [2.45, 2.75) is 19.4 Å². The summed E-state index contributed by atoms with van der Waals surface area (Å²) in [4.78, 5) is 26.5. The standard InChI is InChI=1S/C18H17ClFNO6/c1-11(18(23)25-8-7-16(22)24-2)26-13-3-5-14(6-4-13)27-17-15(20)9-12(19)10-21-17/h3-6,9-11H,7-8H2,1-2H3/t11-/m1/s1. The number of nitrogens with zero attached hydrogens (tertiary/aromatic N) is 1. The van der Waals surface area contributed by atoms with Crippen LogP contribution in [0.5, 0.6) is 17.4 Å². The van der Waals surface area contributed by atoms with Crippen LogP contribution in [0.4, 0.5) is 4.39 Å². The molecule has 0 aliphatic carbocycles. The van der Waals surface area contributed by atoms with Crippen molar-refractivity contribution in [3.8, 4) is 17.4 Å². The van der Waals surface area contributed by atoms with Crippen LogP contribution >= 0.6 is 11.6 Å². The second-order valence-electron chi connectivity index (χ2n) is 5.27. The predicted molar refractivity (Wildman–Crippen MR) is 93.4 cm³/mol. The first kappa shape index (κ1) is 20.4. The van der Waals surface area contributed by atoms with Crippen molar-refractivity contribution in [3.05, 3.63) is 47.4 Å². The van der Waals surface area contributed by atoms with Gasteiger partial charge in [0.05, 0.1) is 18.6 Å². The van der Waals surface area contributed by atoms with E-state index < -0.39 is 23.9 Å². The number of benzene rings is 1. The van der Waals surface area contributed by atoms with Crippen LogP contribution < -0.4 is 9.47 Å². The van der Waals surface area contributed by atoms with E-state index in [2.05, 4.69) is 9.72 Å². The van der Waals surface area contributed by atoms with Crippen LogP contribution in [-0.2, 0) is 19.1 Å². The lowest BCUT2D eigenvalue weighted by molar-refractivity contribution is -0.153. The first-order valence-corrected chi connectivity index (χ1v) is 8.26. The number of esters is 2. The first-order chi connectivity index (χ1) is 12.9. The highest BCUT2D eigenvalue weighted by Gasteiger charge is 2.17. The van der Waals surface area contributed by atoms with E-state index in [1.54, 1.807) is 12.1 Å². The molecule has 2 aromatic rings. The SMILES string of the molecule is COC(=O)CCOC(=O)[C@@H](C)Oc1ccc(Oc2ncc(Cl)cc2F)cc1. The van der Waals surface area contributed by atoms with Crippen LogP contribution in [0, 0.1) is 5.82 Å². The molecule has 27 heavy (non-hydrogen) atoms. The minimum Gasteiger partial charge on any atom is -0.479 e. The van der Waals surface area contributed by atoms with Crippen molar-refractivity contribution >= 4 is 23.5 Å². The molecular weight excluding hydrogens is 381 g/mol. The summed E-state index contributed by atoms with van der Waals surface area (Å²) >= 11 is 5.63. The summed E-state index contributed by atoms with van der Waals surface area (Å²) in [6.07, 6.45) is 0.353. The Kier molecular flexibility index (Phi) is 7.36. The number of halogens is 2. The Labute approximate surface area is 160 Å².